The number of esters is 1. The fourth-order valence-corrected chi connectivity index (χ4v) is 2.44. The van der Waals surface area contributed by atoms with Gasteiger partial charge >= 0.3 is 5.97 Å². The van der Waals surface area contributed by atoms with Gasteiger partial charge in [0, 0.05) is 12.1 Å². The van der Waals surface area contributed by atoms with Gasteiger partial charge in [-0.05, 0) is 25.0 Å². The van der Waals surface area contributed by atoms with Gasteiger partial charge < -0.3 is 14.6 Å². The number of carbonyl (C=O) groups is 1. The number of hydrogen-bond acceptors (Lipinski definition) is 4. The highest BCUT2D eigenvalue weighted by Crippen LogP contribution is 2.18. The van der Waals surface area contributed by atoms with E-state index in [-0.39, 0.29) is 11.7 Å². The van der Waals surface area contributed by atoms with Crippen LogP contribution in [-0.4, -0.2) is 24.3 Å². The van der Waals surface area contributed by atoms with E-state index < -0.39 is 0 Å². The lowest BCUT2D eigenvalue weighted by atomic mass is 10.1. The zero-order chi connectivity index (χ0) is 17.5. The summed E-state index contributed by atoms with van der Waals surface area (Å²) in [4.78, 5) is 10.8. The first kappa shape index (κ1) is 20.1. The molecule has 0 saturated heterocycles. The number of unbranched alkanes of at least 4 members (excludes halogenated alkanes) is 8. The average molecular weight is 334 g/mol. The lowest BCUT2D eigenvalue weighted by molar-refractivity contribution is -0.137. The summed E-state index contributed by atoms with van der Waals surface area (Å²) in [6, 6.07) is 6.92. The van der Waals surface area contributed by atoms with Gasteiger partial charge in [-0.15, -0.1) is 0 Å². The minimum absolute atomic E-state index is 0.242. The maximum atomic E-state index is 10.8. The van der Waals surface area contributed by atoms with Gasteiger partial charge in [0.25, 0.3) is 0 Å². The fourth-order valence-electron chi connectivity index (χ4n) is 2.44. The predicted octanol–water partition coefficient (Wildman–Crippen LogP) is 5.01. The van der Waals surface area contributed by atoms with Crippen molar-refractivity contribution in [2.24, 2.45) is 0 Å². The van der Waals surface area contributed by atoms with Crippen LogP contribution >= 0.6 is 0 Å². The van der Waals surface area contributed by atoms with E-state index in [1.807, 2.05) is 6.07 Å². The van der Waals surface area contributed by atoms with Crippen LogP contribution in [0.2, 0.25) is 0 Å². The number of rotatable bonds is 14. The minimum atomic E-state index is -0.331. The van der Waals surface area contributed by atoms with Crippen molar-refractivity contribution in [1.82, 2.24) is 0 Å². The molecule has 1 aromatic carbocycles. The molecule has 0 saturated carbocycles. The summed E-state index contributed by atoms with van der Waals surface area (Å²) in [5.41, 5.74) is 0. The van der Waals surface area contributed by atoms with Gasteiger partial charge in [-0.25, -0.2) is 4.79 Å². The lowest BCUT2D eigenvalue weighted by Crippen LogP contribution is -2.01. The first-order valence-corrected chi connectivity index (χ1v) is 8.93. The Morgan fingerprint density at radius 1 is 0.958 bits per heavy atom. The molecule has 4 heteroatoms. The minimum Gasteiger partial charge on any atom is -0.508 e. The van der Waals surface area contributed by atoms with E-state index in [4.69, 9.17) is 9.47 Å². The topological polar surface area (TPSA) is 55.8 Å². The summed E-state index contributed by atoms with van der Waals surface area (Å²) in [7, 11) is 0. The molecule has 4 nitrogen and oxygen atoms in total. The predicted molar refractivity (Wildman–Crippen MR) is 96.3 cm³/mol. The third-order valence-corrected chi connectivity index (χ3v) is 3.79. The van der Waals surface area contributed by atoms with Crippen LogP contribution in [0, 0.1) is 0 Å². The van der Waals surface area contributed by atoms with Crippen molar-refractivity contribution < 1.29 is 19.4 Å². The largest absolute Gasteiger partial charge is 0.508 e. The van der Waals surface area contributed by atoms with Crippen molar-refractivity contribution in [2.45, 2.75) is 57.8 Å². The summed E-state index contributed by atoms with van der Waals surface area (Å²) in [6.07, 6.45) is 11.7. The summed E-state index contributed by atoms with van der Waals surface area (Å²) < 4.78 is 10.5. The molecule has 134 valence electrons. The molecule has 0 bridgehead atoms. The number of hydrogen-bond donors (Lipinski definition) is 1. The van der Waals surface area contributed by atoms with Gasteiger partial charge in [0.1, 0.15) is 11.5 Å². The summed E-state index contributed by atoms with van der Waals surface area (Å²) in [5, 5.41) is 9.33. The van der Waals surface area contributed by atoms with Crippen molar-refractivity contribution >= 4 is 5.97 Å². The SMILES string of the molecule is C=CC(=O)OCCCCCCCCCCCOc1cccc(O)c1. The van der Waals surface area contributed by atoms with Gasteiger partial charge in [-0.3, -0.25) is 0 Å². The molecule has 0 aliphatic rings. The summed E-state index contributed by atoms with van der Waals surface area (Å²) in [5.74, 6) is 0.642. The highest BCUT2D eigenvalue weighted by atomic mass is 16.5. The van der Waals surface area contributed by atoms with Crippen LogP contribution in [0.25, 0.3) is 0 Å². The molecule has 0 fully saturated rings. The summed E-state index contributed by atoms with van der Waals surface area (Å²) in [6.45, 7) is 4.57. The molecule has 1 N–H and O–H groups in total. The van der Waals surface area contributed by atoms with E-state index in [0.29, 0.717) is 13.2 Å². The Kier molecular flexibility index (Phi) is 11.3. The number of phenolic OH excluding ortho intramolecular Hbond substituents is 1. The number of carbonyl (C=O) groups excluding carboxylic acids is 1. The maximum Gasteiger partial charge on any atom is 0.330 e. The fraction of sp³-hybridized carbons (Fsp3) is 0.550. The van der Waals surface area contributed by atoms with Crippen LogP contribution in [0.5, 0.6) is 11.5 Å². The van der Waals surface area contributed by atoms with Crippen molar-refractivity contribution in [2.75, 3.05) is 13.2 Å². The molecule has 0 radical (unpaired) electrons. The average Bonchev–Trinajstić information content (AvgIpc) is 2.58. The molecular formula is C20H30O4. The molecule has 0 unspecified atom stereocenters. The molecular weight excluding hydrogens is 304 g/mol. The van der Waals surface area contributed by atoms with Crippen molar-refractivity contribution in [1.29, 1.82) is 0 Å². The first-order valence-electron chi connectivity index (χ1n) is 8.93. The van der Waals surface area contributed by atoms with Crippen molar-refractivity contribution in [3.05, 3.63) is 36.9 Å². The van der Waals surface area contributed by atoms with Gasteiger partial charge in [0.2, 0.25) is 0 Å². The number of benzene rings is 1. The monoisotopic (exact) mass is 334 g/mol. The molecule has 0 spiro atoms. The normalized spacial score (nSPS) is 10.3. The smallest absolute Gasteiger partial charge is 0.330 e. The van der Waals surface area contributed by atoms with E-state index in [0.717, 1.165) is 25.0 Å². The highest BCUT2D eigenvalue weighted by Gasteiger charge is 1.97. The van der Waals surface area contributed by atoms with E-state index in [1.54, 1.807) is 18.2 Å². The van der Waals surface area contributed by atoms with E-state index in [9.17, 15) is 9.90 Å². The zero-order valence-electron chi connectivity index (χ0n) is 14.5. The molecule has 0 atom stereocenters. The van der Waals surface area contributed by atoms with E-state index in [2.05, 4.69) is 6.58 Å². The number of ether oxygens (including phenoxy) is 2. The Hall–Kier alpha value is -1.97. The van der Waals surface area contributed by atoms with E-state index >= 15 is 0 Å². The highest BCUT2D eigenvalue weighted by molar-refractivity contribution is 5.81. The molecule has 1 aromatic rings. The van der Waals surface area contributed by atoms with Gasteiger partial charge in [0.15, 0.2) is 0 Å². The zero-order valence-corrected chi connectivity index (χ0v) is 14.5. The first-order chi connectivity index (χ1) is 11.7. The third-order valence-electron chi connectivity index (χ3n) is 3.79. The van der Waals surface area contributed by atoms with Crippen molar-refractivity contribution in [3.8, 4) is 11.5 Å². The lowest BCUT2D eigenvalue weighted by Gasteiger charge is -2.06. The molecule has 0 heterocycles. The molecule has 0 aliphatic heterocycles. The maximum absolute atomic E-state index is 10.8. The second-order valence-corrected chi connectivity index (χ2v) is 5.90. The third kappa shape index (κ3) is 10.7. The molecule has 0 amide bonds. The van der Waals surface area contributed by atoms with Crippen LogP contribution in [0.1, 0.15) is 57.8 Å². The summed E-state index contributed by atoms with van der Waals surface area (Å²) >= 11 is 0. The van der Waals surface area contributed by atoms with Crippen LogP contribution < -0.4 is 4.74 Å². The number of aromatic hydroxyl groups is 1. The Morgan fingerprint density at radius 2 is 1.54 bits per heavy atom. The second-order valence-electron chi connectivity index (χ2n) is 5.90. The van der Waals surface area contributed by atoms with Crippen LogP contribution in [0.3, 0.4) is 0 Å². The van der Waals surface area contributed by atoms with Crippen molar-refractivity contribution in [3.63, 3.8) is 0 Å². The van der Waals surface area contributed by atoms with Gasteiger partial charge in [-0.2, -0.15) is 0 Å². The Labute approximate surface area is 145 Å². The molecule has 0 aliphatic carbocycles. The van der Waals surface area contributed by atoms with Gasteiger partial charge in [-0.1, -0.05) is 57.6 Å². The van der Waals surface area contributed by atoms with Crippen LogP contribution in [0.15, 0.2) is 36.9 Å². The molecule has 1 rings (SSSR count). The Balaban J connectivity index is 1.81. The Morgan fingerprint density at radius 3 is 2.12 bits per heavy atom. The number of phenols is 1. The quantitative estimate of drug-likeness (QED) is 0.295. The van der Waals surface area contributed by atoms with Crippen LogP contribution in [0.4, 0.5) is 0 Å². The molecule has 0 aromatic heterocycles. The van der Waals surface area contributed by atoms with E-state index in [1.165, 1.54) is 44.6 Å². The Bertz CT molecular complexity index is 470. The van der Waals surface area contributed by atoms with Crippen LogP contribution in [-0.2, 0) is 9.53 Å². The second kappa shape index (κ2) is 13.5. The molecule has 24 heavy (non-hydrogen) atoms. The van der Waals surface area contributed by atoms with Gasteiger partial charge in [0.05, 0.1) is 13.2 Å². The standard InChI is InChI=1S/C20H30O4/c1-2-20(22)24-16-11-9-7-5-3-4-6-8-10-15-23-19-14-12-13-18(21)17-19/h2,12-14,17,21H,1,3-11,15-16H2.